The predicted octanol–water partition coefficient (Wildman–Crippen LogP) is 3.04. The Labute approximate surface area is 146 Å². The van der Waals surface area contributed by atoms with Gasteiger partial charge >= 0.3 is 0 Å². The molecule has 0 radical (unpaired) electrons. The van der Waals surface area contributed by atoms with Gasteiger partial charge in [-0.1, -0.05) is 48.5 Å². The molecular formula is C20H19N3O2. The summed E-state index contributed by atoms with van der Waals surface area (Å²) in [5.41, 5.74) is 3.90. The Balaban J connectivity index is 1.42. The van der Waals surface area contributed by atoms with Crippen molar-refractivity contribution in [3.05, 3.63) is 71.9 Å². The van der Waals surface area contributed by atoms with E-state index in [1.165, 1.54) is 0 Å². The van der Waals surface area contributed by atoms with Crippen LogP contribution >= 0.6 is 0 Å². The monoisotopic (exact) mass is 333 g/mol. The molecule has 25 heavy (non-hydrogen) atoms. The molecule has 1 amide bonds. The molecule has 4 rings (SSSR count). The number of carbonyl (C=O) groups excluding carboxylic acids is 1. The lowest BCUT2D eigenvalue weighted by Gasteiger charge is -2.20. The maximum Gasteiger partial charge on any atom is 0.264 e. The van der Waals surface area contributed by atoms with Gasteiger partial charge in [0.05, 0.1) is 17.9 Å². The zero-order valence-electron chi connectivity index (χ0n) is 14.0. The first kappa shape index (κ1) is 15.4. The van der Waals surface area contributed by atoms with Gasteiger partial charge in [-0.05, 0) is 17.7 Å². The normalized spacial score (nSPS) is 15.5. The van der Waals surface area contributed by atoms with E-state index in [9.17, 15) is 4.79 Å². The number of carbonyl (C=O) groups is 1. The number of hydrogen-bond acceptors (Lipinski definition) is 3. The summed E-state index contributed by atoms with van der Waals surface area (Å²) in [5.74, 6) is 0.786. The summed E-state index contributed by atoms with van der Waals surface area (Å²) in [4.78, 5) is 14.3. The van der Waals surface area contributed by atoms with Crippen LogP contribution in [0.1, 0.15) is 11.3 Å². The molecule has 0 unspecified atom stereocenters. The van der Waals surface area contributed by atoms with E-state index in [4.69, 9.17) is 4.74 Å². The Morgan fingerprint density at radius 3 is 2.76 bits per heavy atom. The Morgan fingerprint density at radius 2 is 1.96 bits per heavy atom. The molecule has 2 heterocycles. The highest BCUT2D eigenvalue weighted by atomic mass is 16.5. The fourth-order valence-corrected chi connectivity index (χ4v) is 3.10. The van der Waals surface area contributed by atoms with Crippen LogP contribution in [0.25, 0.3) is 11.3 Å². The fourth-order valence-electron chi connectivity index (χ4n) is 3.10. The SMILES string of the molecule is CN(Cc1cc(-c2ccccc2)n[nH]1)C(=O)[C@H]1Cc2ccccc2O1. The van der Waals surface area contributed by atoms with Crippen LogP contribution in [0.5, 0.6) is 5.75 Å². The molecule has 1 atom stereocenters. The third kappa shape index (κ3) is 3.13. The first-order chi connectivity index (χ1) is 12.2. The molecule has 0 saturated carbocycles. The fraction of sp³-hybridized carbons (Fsp3) is 0.200. The average Bonchev–Trinajstić information content (AvgIpc) is 3.28. The van der Waals surface area contributed by atoms with Crippen LogP contribution in [-0.2, 0) is 17.8 Å². The van der Waals surface area contributed by atoms with Crippen molar-refractivity contribution < 1.29 is 9.53 Å². The maximum absolute atomic E-state index is 12.7. The van der Waals surface area contributed by atoms with Gasteiger partial charge in [-0.25, -0.2) is 0 Å². The van der Waals surface area contributed by atoms with Crippen LogP contribution in [0.15, 0.2) is 60.7 Å². The lowest BCUT2D eigenvalue weighted by atomic mass is 10.1. The van der Waals surface area contributed by atoms with Gasteiger partial charge < -0.3 is 9.64 Å². The second kappa shape index (κ2) is 6.43. The molecule has 126 valence electrons. The van der Waals surface area contributed by atoms with Crippen molar-refractivity contribution >= 4 is 5.91 Å². The van der Waals surface area contributed by atoms with E-state index in [1.54, 1.807) is 11.9 Å². The van der Waals surface area contributed by atoms with Crippen molar-refractivity contribution in [3.63, 3.8) is 0 Å². The van der Waals surface area contributed by atoms with E-state index in [2.05, 4.69) is 10.2 Å². The molecule has 0 bridgehead atoms. The number of hydrogen-bond donors (Lipinski definition) is 1. The van der Waals surface area contributed by atoms with Gasteiger partial charge in [0.25, 0.3) is 5.91 Å². The number of ether oxygens (including phenoxy) is 1. The molecule has 5 heteroatoms. The number of para-hydroxylation sites is 1. The summed E-state index contributed by atoms with van der Waals surface area (Å²) in [6, 6.07) is 19.7. The molecule has 1 aliphatic rings. The maximum atomic E-state index is 12.7. The third-order valence-corrected chi connectivity index (χ3v) is 4.41. The smallest absolute Gasteiger partial charge is 0.264 e. The quantitative estimate of drug-likeness (QED) is 0.798. The largest absolute Gasteiger partial charge is 0.480 e. The number of nitrogens with one attached hydrogen (secondary N) is 1. The van der Waals surface area contributed by atoms with E-state index in [1.807, 2.05) is 60.7 Å². The van der Waals surface area contributed by atoms with Gasteiger partial charge in [-0.2, -0.15) is 5.10 Å². The number of fused-ring (bicyclic) bond motifs is 1. The molecule has 3 aromatic rings. The molecule has 0 saturated heterocycles. The van der Waals surface area contributed by atoms with Crippen molar-refractivity contribution in [2.75, 3.05) is 7.05 Å². The van der Waals surface area contributed by atoms with E-state index in [0.717, 1.165) is 28.3 Å². The second-order valence-electron chi connectivity index (χ2n) is 6.26. The minimum atomic E-state index is -0.445. The van der Waals surface area contributed by atoms with Crippen LogP contribution in [0, 0.1) is 0 Å². The van der Waals surface area contributed by atoms with Crippen molar-refractivity contribution in [2.45, 2.75) is 19.1 Å². The topological polar surface area (TPSA) is 58.2 Å². The summed E-state index contributed by atoms with van der Waals surface area (Å²) in [7, 11) is 1.79. The minimum Gasteiger partial charge on any atom is -0.480 e. The second-order valence-corrected chi connectivity index (χ2v) is 6.26. The van der Waals surface area contributed by atoms with Crippen LogP contribution in [0.2, 0.25) is 0 Å². The lowest BCUT2D eigenvalue weighted by Crippen LogP contribution is -2.38. The molecule has 1 N–H and O–H groups in total. The van der Waals surface area contributed by atoms with Gasteiger partial charge in [-0.3, -0.25) is 9.89 Å². The van der Waals surface area contributed by atoms with E-state index in [-0.39, 0.29) is 5.91 Å². The van der Waals surface area contributed by atoms with Crippen molar-refractivity contribution in [3.8, 4) is 17.0 Å². The molecule has 0 aliphatic carbocycles. The summed E-state index contributed by atoms with van der Waals surface area (Å²) >= 11 is 0. The van der Waals surface area contributed by atoms with E-state index >= 15 is 0 Å². The Bertz CT molecular complexity index is 864. The molecule has 1 aromatic heterocycles. The standard InChI is InChI=1S/C20H19N3O2/c1-23(20(24)19-11-15-9-5-6-10-18(15)25-19)13-16-12-17(22-21-16)14-7-3-2-4-8-14/h2-10,12,19H,11,13H2,1H3,(H,21,22)/t19-/m1/s1. The number of rotatable bonds is 4. The number of H-pyrrole nitrogens is 1. The first-order valence-electron chi connectivity index (χ1n) is 8.30. The first-order valence-corrected chi connectivity index (χ1v) is 8.30. The van der Waals surface area contributed by atoms with Crippen molar-refractivity contribution in [1.82, 2.24) is 15.1 Å². The zero-order valence-corrected chi connectivity index (χ0v) is 14.0. The summed E-state index contributed by atoms with van der Waals surface area (Å²) in [5, 5.41) is 7.35. The third-order valence-electron chi connectivity index (χ3n) is 4.41. The predicted molar refractivity (Wildman–Crippen MR) is 95.1 cm³/mol. The van der Waals surface area contributed by atoms with E-state index in [0.29, 0.717) is 13.0 Å². The van der Waals surface area contributed by atoms with Crippen LogP contribution in [-0.4, -0.2) is 34.2 Å². The Hall–Kier alpha value is -3.08. The van der Waals surface area contributed by atoms with Gasteiger partial charge in [0.2, 0.25) is 0 Å². The summed E-state index contributed by atoms with van der Waals surface area (Å²) in [6.45, 7) is 0.467. The van der Waals surface area contributed by atoms with Gasteiger partial charge in [0, 0.05) is 19.0 Å². The highest BCUT2D eigenvalue weighted by molar-refractivity contribution is 5.82. The van der Waals surface area contributed by atoms with Gasteiger partial charge in [-0.15, -0.1) is 0 Å². The highest BCUT2D eigenvalue weighted by Crippen LogP contribution is 2.29. The Morgan fingerprint density at radius 1 is 1.20 bits per heavy atom. The van der Waals surface area contributed by atoms with Gasteiger partial charge in [0.1, 0.15) is 5.75 Å². The molecular weight excluding hydrogens is 314 g/mol. The minimum absolute atomic E-state index is 0.0212. The number of amides is 1. The average molecular weight is 333 g/mol. The number of aromatic nitrogens is 2. The number of likely N-dealkylation sites (N-methyl/N-ethyl adjacent to an activating group) is 1. The number of aromatic amines is 1. The Kier molecular flexibility index (Phi) is 3.98. The number of benzene rings is 2. The number of nitrogens with zero attached hydrogens (tertiary/aromatic N) is 2. The molecule has 5 nitrogen and oxygen atoms in total. The highest BCUT2D eigenvalue weighted by Gasteiger charge is 2.31. The van der Waals surface area contributed by atoms with E-state index < -0.39 is 6.10 Å². The molecule has 0 fully saturated rings. The van der Waals surface area contributed by atoms with Crippen LogP contribution < -0.4 is 4.74 Å². The van der Waals surface area contributed by atoms with Gasteiger partial charge in [0.15, 0.2) is 6.10 Å². The molecule has 1 aliphatic heterocycles. The summed E-state index contributed by atoms with van der Waals surface area (Å²) < 4.78 is 5.79. The van der Waals surface area contributed by atoms with Crippen LogP contribution in [0.3, 0.4) is 0 Å². The summed E-state index contributed by atoms with van der Waals surface area (Å²) in [6.07, 6.45) is 0.177. The van der Waals surface area contributed by atoms with Crippen molar-refractivity contribution in [1.29, 1.82) is 0 Å². The molecule has 0 spiro atoms. The molecule has 2 aromatic carbocycles. The lowest BCUT2D eigenvalue weighted by molar-refractivity contribution is -0.137. The zero-order chi connectivity index (χ0) is 17.2. The van der Waals surface area contributed by atoms with Crippen LogP contribution in [0.4, 0.5) is 0 Å². The van der Waals surface area contributed by atoms with Crippen molar-refractivity contribution in [2.24, 2.45) is 0 Å².